The Morgan fingerprint density at radius 2 is 1.83 bits per heavy atom. The molecule has 0 saturated heterocycles. The van der Waals surface area contributed by atoms with Gasteiger partial charge in [0.1, 0.15) is 0 Å². The lowest BCUT2D eigenvalue weighted by molar-refractivity contribution is 0.0992. The summed E-state index contributed by atoms with van der Waals surface area (Å²) in [5.41, 5.74) is 1.83. The van der Waals surface area contributed by atoms with E-state index in [9.17, 15) is 4.79 Å². The van der Waals surface area contributed by atoms with Crippen LogP contribution in [0, 0.1) is 6.92 Å². The number of aryl methyl sites for hydroxylation is 1. The largest absolute Gasteiger partial charge is 0.293 e. The summed E-state index contributed by atoms with van der Waals surface area (Å²) in [4.78, 5) is 11.3. The van der Waals surface area contributed by atoms with Crippen molar-refractivity contribution in [2.45, 2.75) is 19.2 Å². The molecule has 0 heterocycles. The van der Waals surface area contributed by atoms with Crippen molar-refractivity contribution >= 4 is 17.4 Å². The highest BCUT2D eigenvalue weighted by atomic mass is 35.5. The molecule has 12 heavy (non-hydrogen) atoms. The topological polar surface area (TPSA) is 17.1 Å². The molecule has 1 rings (SSSR count). The van der Waals surface area contributed by atoms with Crippen LogP contribution < -0.4 is 0 Å². The monoisotopic (exact) mass is 182 g/mol. The van der Waals surface area contributed by atoms with E-state index in [1.165, 1.54) is 0 Å². The Bertz CT molecular complexity index is 274. The van der Waals surface area contributed by atoms with Crippen molar-refractivity contribution in [2.75, 3.05) is 0 Å². The van der Waals surface area contributed by atoms with Gasteiger partial charge in [0.25, 0.3) is 0 Å². The van der Waals surface area contributed by atoms with E-state index >= 15 is 0 Å². The van der Waals surface area contributed by atoms with Crippen LogP contribution >= 0.6 is 11.6 Å². The van der Waals surface area contributed by atoms with Gasteiger partial charge in [-0.2, -0.15) is 0 Å². The molecule has 0 unspecified atom stereocenters. The predicted molar refractivity (Wildman–Crippen MR) is 50.8 cm³/mol. The van der Waals surface area contributed by atoms with E-state index in [0.717, 1.165) is 5.56 Å². The number of rotatable bonds is 2. The molecule has 0 fully saturated rings. The second-order valence-corrected chi connectivity index (χ2v) is 3.50. The van der Waals surface area contributed by atoms with Crippen molar-refractivity contribution in [1.29, 1.82) is 0 Å². The van der Waals surface area contributed by atoms with Gasteiger partial charge in [-0.3, -0.25) is 4.79 Å². The number of hydrogen-bond acceptors (Lipinski definition) is 1. The molecule has 1 aromatic carbocycles. The molecule has 1 aromatic rings. The van der Waals surface area contributed by atoms with Gasteiger partial charge in [0.15, 0.2) is 5.78 Å². The van der Waals surface area contributed by atoms with Crippen molar-refractivity contribution in [3.63, 3.8) is 0 Å². The molecule has 64 valence electrons. The van der Waals surface area contributed by atoms with Gasteiger partial charge >= 0.3 is 0 Å². The molecule has 0 bridgehead atoms. The summed E-state index contributed by atoms with van der Waals surface area (Å²) in [6, 6.07) is 7.42. The fourth-order valence-electron chi connectivity index (χ4n) is 0.947. The molecule has 2 heteroatoms. The average Bonchev–Trinajstić information content (AvgIpc) is 2.04. The van der Waals surface area contributed by atoms with Crippen LogP contribution in [0.3, 0.4) is 0 Å². The van der Waals surface area contributed by atoms with Gasteiger partial charge in [0.05, 0.1) is 5.38 Å². The van der Waals surface area contributed by atoms with E-state index in [1.54, 1.807) is 19.1 Å². The zero-order valence-electron chi connectivity index (χ0n) is 7.17. The zero-order valence-corrected chi connectivity index (χ0v) is 7.93. The Morgan fingerprint density at radius 3 is 2.25 bits per heavy atom. The highest BCUT2D eigenvalue weighted by molar-refractivity contribution is 6.33. The van der Waals surface area contributed by atoms with Crippen molar-refractivity contribution in [3.8, 4) is 0 Å². The maximum Gasteiger partial charge on any atom is 0.180 e. The Labute approximate surface area is 77.4 Å². The van der Waals surface area contributed by atoms with Crippen LogP contribution in [0.4, 0.5) is 0 Å². The lowest BCUT2D eigenvalue weighted by atomic mass is 10.1. The molecular formula is C10H11ClO. The Balaban J connectivity index is 2.90. The fraction of sp³-hybridized carbons (Fsp3) is 0.300. The molecule has 0 N–H and O–H groups in total. The van der Waals surface area contributed by atoms with Crippen molar-refractivity contribution in [1.82, 2.24) is 0 Å². The van der Waals surface area contributed by atoms with E-state index in [4.69, 9.17) is 11.6 Å². The van der Waals surface area contributed by atoms with Gasteiger partial charge in [-0.1, -0.05) is 29.8 Å². The number of benzene rings is 1. The van der Waals surface area contributed by atoms with Gasteiger partial charge in [-0.15, -0.1) is 11.6 Å². The van der Waals surface area contributed by atoms with Crippen LogP contribution in [-0.2, 0) is 0 Å². The van der Waals surface area contributed by atoms with Crippen LogP contribution in [-0.4, -0.2) is 11.2 Å². The predicted octanol–water partition coefficient (Wildman–Crippen LogP) is 2.81. The summed E-state index contributed by atoms with van der Waals surface area (Å²) in [6.45, 7) is 3.67. The van der Waals surface area contributed by atoms with Gasteiger partial charge < -0.3 is 0 Å². The summed E-state index contributed by atoms with van der Waals surface area (Å²) < 4.78 is 0. The molecule has 1 atom stereocenters. The number of ketones is 1. The molecule has 0 amide bonds. The SMILES string of the molecule is Cc1ccc(C(=O)[C@@H](C)Cl)cc1. The molecule has 0 aromatic heterocycles. The lowest BCUT2D eigenvalue weighted by Crippen LogP contribution is -2.09. The maximum absolute atomic E-state index is 11.3. The van der Waals surface area contributed by atoms with Crippen LogP contribution in [0.2, 0.25) is 0 Å². The van der Waals surface area contributed by atoms with E-state index < -0.39 is 5.38 Å². The summed E-state index contributed by atoms with van der Waals surface area (Å²) in [6.07, 6.45) is 0. The third-order valence-corrected chi connectivity index (χ3v) is 1.90. The van der Waals surface area contributed by atoms with Gasteiger partial charge in [0, 0.05) is 5.56 Å². The standard InChI is InChI=1S/C10H11ClO/c1-7-3-5-9(6-4-7)10(12)8(2)11/h3-6,8H,1-2H3/t8-/m1/s1. The number of carbonyl (C=O) groups excluding carboxylic acids is 1. The van der Waals surface area contributed by atoms with E-state index in [2.05, 4.69) is 0 Å². The maximum atomic E-state index is 11.3. The number of Topliss-reactive ketones (excluding diaryl/α,β-unsaturated/α-hetero) is 1. The third-order valence-electron chi connectivity index (χ3n) is 1.70. The van der Waals surface area contributed by atoms with Gasteiger partial charge in [-0.25, -0.2) is 0 Å². The fourth-order valence-corrected chi connectivity index (χ4v) is 1.07. The third kappa shape index (κ3) is 2.08. The Hall–Kier alpha value is -0.820. The molecule has 1 nitrogen and oxygen atoms in total. The Kier molecular flexibility index (Phi) is 2.88. The molecular weight excluding hydrogens is 172 g/mol. The van der Waals surface area contributed by atoms with Crippen LogP contribution in [0.15, 0.2) is 24.3 Å². The first kappa shape index (κ1) is 9.27. The minimum atomic E-state index is -0.437. The first-order chi connectivity index (χ1) is 5.61. The lowest BCUT2D eigenvalue weighted by Gasteiger charge is -2.01. The van der Waals surface area contributed by atoms with Crippen LogP contribution in [0.25, 0.3) is 0 Å². The van der Waals surface area contributed by atoms with Crippen molar-refractivity contribution in [3.05, 3.63) is 35.4 Å². The number of hydrogen-bond donors (Lipinski definition) is 0. The molecule has 0 spiro atoms. The summed E-state index contributed by atoms with van der Waals surface area (Å²) >= 11 is 5.65. The summed E-state index contributed by atoms with van der Waals surface area (Å²) in [5, 5.41) is -0.437. The number of halogens is 1. The van der Waals surface area contributed by atoms with E-state index in [-0.39, 0.29) is 5.78 Å². The highest BCUT2D eigenvalue weighted by Gasteiger charge is 2.10. The molecule has 0 saturated carbocycles. The second-order valence-electron chi connectivity index (χ2n) is 2.85. The van der Waals surface area contributed by atoms with Crippen LogP contribution in [0.5, 0.6) is 0 Å². The summed E-state index contributed by atoms with van der Waals surface area (Å²) in [5.74, 6) is -0.0170. The summed E-state index contributed by atoms with van der Waals surface area (Å²) in [7, 11) is 0. The normalized spacial score (nSPS) is 12.6. The molecule has 0 radical (unpaired) electrons. The quantitative estimate of drug-likeness (QED) is 0.508. The minimum absolute atomic E-state index is 0.0170. The second kappa shape index (κ2) is 3.72. The number of carbonyl (C=O) groups is 1. The number of alkyl halides is 1. The van der Waals surface area contributed by atoms with Gasteiger partial charge in [0.2, 0.25) is 0 Å². The van der Waals surface area contributed by atoms with Gasteiger partial charge in [-0.05, 0) is 13.8 Å². The van der Waals surface area contributed by atoms with Crippen molar-refractivity contribution < 1.29 is 4.79 Å². The van der Waals surface area contributed by atoms with Crippen LogP contribution in [0.1, 0.15) is 22.8 Å². The smallest absolute Gasteiger partial charge is 0.180 e. The highest BCUT2D eigenvalue weighted by Crippen LogP contribution is 2.09. The molecule has 0 aliphatic carbocycles. The molecule has 0 aliphatic rings. The van der Waals surface area contributed by atoms with E-state index in [1.807, 2.05) is 19.1 Å². The first-order valence-corrected chi connectivity index (χ1v) is 4.30. The Morgan fingerprint density at radius 1 is 1.33 bits per heavy atom. The van der Waals surface area contributed by atoms with E-state index in [0.29, 0.717) is 5.56 Å². The average molecular weight is 183 g/mol. The first-order valence-electron chi connectivity index (χ1n) is 3.86. The molecule has 0 aliphatic heterocycles. The van der Waals surface area contributed by atoms with Crippen molar-refractivity contribution in [2.24, 2.45) is 0 Å². The minimum Gasteiger partial charge on any atom is -0.293 e. The zero-order chi connectivity index (χ0) is 9.14.